The molecule has 1 rings (SSSR count). The highest BCUT2D eigenvalue weighted by Gasteiger charge is 2.15. The zero-order chi connectivity index (χ0) is 18.3. The van der Waals surface area contributed by atoms with Crippen LogP contribution >= 0.6 is 0 Å². The first-order chi connectivity index (χ1) is 11.2. The van der Waals surface area contributed by atoms with Crippen LogP contribution in [0.4, 0.5) is 0 Å². The van der Waals surface area contributed by atoms with Gasteiger partial charge in [0.1, 0.15) is 6.54 Å². The highest BCUT2D eigenvalue weighted by atomic mass is 32.2. The van der Waals surface area contributed by atoms with Crippen LogP contribution in [0.25, 0.3) is 6.08 Å². The molecule has 0 aromatic heterocycles. The molecule has 1 aromatic carbocycles. The zero-order valence-electron chi connectivity index (χ0n) is 13.9. The minimum absolute atomic E-state index is 0.126. The summed E-state index contributed by atoms with van der Waals surface area (Å²) in [5, 5.41) is 8.88. The van der Waals surface area contributed by atoms with E-state index in [1.807, 2.05) is 13.8 Å². The van der Waals surface area contributed by atoms with Crippen LogP contribution in [0.15, 0.2) is 35.2 Å². The Labute approximate surface area is 142 Å². The van der Waals surface area contributed by atoms with Gasteiger partial charge in [-0.05, 0) is 36.7 Å². The van der Waals surface area contributed by atoms with E-state index in [9.17, 15) is 18.0 Å². The second-order valence-electron chi connectivity index (χ2n) is 5.62. The smallest absolute Gasteiger partial charge is 0.323 e. The van der Waals surface area contributed by atoms with E-state index in [0.717, 1.165) is 0 Å². The van der Waals surface area contributed by atoms with Crippen molar-refractivity contribution < 1.29 is 23.1 Å². The van der Waals surface area contributed by atoms with Gasteiger partial charge in [0.05, 0.1) is 4.90 Å². The van der Waals surface area contributed by atoms with Crippen molar-refractivity contribution in [2.24, 2.45) is 5.92 Å². The van der Waals surface area contributed by atoms with Gasteiger partial charge in [-0.25, -0.2) is 13.1 Å². The van der Waals surface area contributed by atoms with Crippen LogP contribution < -0.4 is 4.72 Å². The number of carbonyl (C=O) groups is 2. The van der Waals surface area contributed by atoms with Crippen LogP contribution in [0.2, 0.25) is 0 Å². The Kier molecular flexibility index (Phi) is 7.12. The van der Waals surface area contributed by atoms with E-state index >= 15 is 0 Å². The number of rotatable bonds is 8. The number of sulfonamides is 1. The van der Waals surface area contributed by atoms with Crippen molar-refractivity contribution in [1.29, 1.82) is 0 Å². The summed E-state index contributed by atoms with van der Waals surface area (Å²) < 4.78 is 25.5. The monoisotopic (exact) mass is 354 g/mol. The van der Waals surface area contributed by atoms with Crippen molar-refractivity contribution in [3.8, 4) is 0 Å². The Hall–Kier alpha value is -2.19. The Morgan fingerprint density at radius 1 is 1.25 bits per heavy atom. The van der Waals surface area contributed by atoms with Crippen LogP contribution in [-0.4, -0.2) is 50.4 Å². The van der Waals surface area contributed by atoms with E-state index in [2.05, 4.69) is 4.72 Å². The van der Waals surface area contributed by atoms with Crippen molar-refractivity contribution in [3.63, 3.8) is 0 Å². The first-order valence-electron chi connectivity index (χ1n) is 7.38. The molecule has 1 aromatic rings. The fourth-order valence-electron chi connectivity index (χ4n) is 1.99. The molecule has 0 atom stereocenters. The number of carboxylic acid groups (broad SMARTS) is 1. The normalized spacial score (nSPS) is 11.8. The highest BCUT2D eigenvalue weighted by Crippen LogP contribution is 2.11. The molecular weight excluding hydrogens is 332 g/mol. The van der Waals surface area contributed by atoms with Gasteiger partial charge in [-0.1, -0.05) is 26.0 Å². The third-order valence-electron chi connectivity index (χ3n) is 3.10. The summed E-state index contributed by atoms with van der Waals surface area (Å²) in [4.78, 5) is 24.4. The van der Waals surface area contributed by atoms with Gasteiger partial charge in [-0.3, -0.25) is 9.59 Å². The van der Waals surface area contributed by atoms with Crippen molar-refractivity contribution in [3.05, 3.63) is 35.9 Å². The van der Waals surface area contributed by atoms with Gasteiger partial charge < -0.3 is 10.0 Å². The van der Waals surface area contributed by atoms with E-state index in [-0.39, 0.29) is 17.4 Å². The largest absolute Gasteiger partial charge is 0.480 e. The van der Waals surface area contributed by atoms with Gasteiger partial charge in [-0.2, -0.15) is 0 Å². The van der Waals surface area contributed by atoms with E-state index in [1.54, 1.807) is 12.1 Å². The maximum absolute atomic E-state index is 12.1. The van der Waals surface area contributed by atoms with E-state index in [0.29, 0.717) is 12.1 Å². The van der Waals surface area contributed by atoms with Crippen LogP contribution in [0, 0.1) is 5.92 Å². The molecule has 0 aliphatic rings. The minimum Gasteiger partial charge on any atom is -0.480 e. The van der Waals surface area contributed by atoms with Crippen molar-refractivity contribution >= 4 is 28.0 Å². The number of carboxylic acids is 1. The van der Waals surface area contributed by atoms with Crippen molar-refractivity contribution in [1.82, 2.24) is 9.62 Å². The number of carbonyl (C=O) groups excluding carboxylic acids is 1. The summed E-state index contributed by atoms with van der Waals surface area (Å²) in [6, 6.07) is 5.99. The molecule has 7 nitrogen and oxygen atoms in total. The Balaban J connectivity index is 2.86. The molecule has 132 valence electrons. The fourth-order valence-corrected chi connectivity index (χ4v) is 2.72. The Bertz CT molecular complexity index is 708. The average molecular weight is 354 g/mol. The molecule has 0 radical (unpaired) electrons. The molecule has 0 spiro atoms. The second kappa shape index (κ2) is 8.60. The lowest BCUT2D eigenvalue weighted by molar-refractivity contribution is -0.143. The van der Waals surface area contributed by atoms with Crippen molar-refractivity contribution in [2.45, 2.75) is 18.7 Å². The lowest BCUT2D eigenvalue weighted by Gasteiger charge is -2.21. The molecule has 0 heterocycles. The molecular formula is C16H22N2O5S. The molecule has 0 saturated carbocycles. The number of hydrogen-bond acceptors (Lipinski definition) is 4. The van der Waals surface area contributed by atoms with Gasteiger partial charge >= 0.3 is 5.97 Å². The topological polar surface area (TPSA) is 104 Å². The molecule has 24 heavy (non-hydrogen) atoms. The number of hydrogen-bond donors (Lipinski definition) is 2. The first kappa shape index (κ1) is 19.9. The molecule has 0 fully saturated rings. The van der Waals surface area contributed by atoms with E-state index in [1.165, 1.54) is 36.2 Å². The third kappa shape index (κ3) is 6.13. The van der Waals surface area contributed by atoms with Gasteiger partial charge in [0.15, 0.2) is 0 Å². The first-order valence-corrected chi connectivity index (χ1v) is 8.86. The molecule has 0 aliphatic carbocycles. The third-order valence-corrected chi connectivity index (χ3v) is 4.53. The predicted molar refractivity (Wildman–Crippen MR) is 90.8 cm³/mol. The fraction of sp³-hybridized carbons (Fsp3) is 0.375. The summed E-state index contributed by atoms with van der Waals surface area (Å²) in [6.07, 6.45) is 2.81. The molecule has 0 saturated heterocycles. The molecule has 0 aliphatic heterocycles. The minimum atomic E-state index is -3.50. The van der Waals surface area contributed by atoms with Gasteiger partial charge in [0.2, 0.25) is 15.9 Å². The average Bonchev–Trinajstić information content (AvgIpc) is 2.51. The van der Waals surface area contributed by atoms with Crippen LogP contribution in [0.1, 0.15) is 19.4 Å². The lowest BCUT2D eigenvalue weighted by atomic mass is 10.2. The Morgan fingerprint density at radius 3 is 2.29 bits per heavy atom. The van der Waals surface area contributed by atoms with Gasteiger partial charge in [-0.15, -0.1) is 0 Å². The van der Waals surface area contributed by atoms with Gasteiger partial charge in [0, 0.05) is 12.6 Å². The summed E-state index contributed by atoms with van der Waals surface area (Å²) in [5.74, 6) is -1.33. The standard InChI is InChI=1S/C16H22N2O5S/c1-12(2)10-18(11-16(20)21)15(19)9-6-13-4-7-14(8-5-13)24(22,23)17-3/h4-9,12,17H,10-11H2,1-3H3,(H,20,21). The summed E-state index contributed by atoms with van der Waals surface area (Å²) >= 11 is 0. The SMILES string of the molecule is CNS(=O)(=O)c1ccc(C=CC(=O)N(CC(=O)O)CC(C)C)cc1. The van der Waals surface area contributed by atoms with Crippen LogP contribution in [0.5, 0.6) is 0 Å². The van der Waals surface area contributed by atoms with E-state index in [4.69, 9.17) is 5.11 Å². The number of aliphatic carboxylic acids is 1. The Morgan fingerprint density at radius 2 is 1.83 bits per heavy atom. The van der Waals surface area contributed by atoms with Crippen molar-refractivity contribution in [2.75, 3.05) is 20.1 Å². The highest BCUT2D eigenvalue weighted by molar-refractivity contribution is 7.89. The number of nitrogens with zero attached hydrogens (tertiary/aromatic N) is 1. The summed E-state index contributed by atoms with van der Waals surface area (Å²) in [5.41, 5.74) is 0.637. The second-order valence-corrected chi connectivity index (χ2v) is 7.50. The molecule has 1 amide bonds. The van der Waals surface area contributed by atoms with Crippen LogP contribution in [-0.2, 0) is 19.6 Å². The maximum atomic E-state index is 12.1. The van der Waals surface area contributed by atoms with Crippen LogP contribution in [0.3, 0.4) is 0 Å². The lowest BCUT2D eigenvalue weighted by Crippen LogP contribution is -2.37. The number of benzene rings is 1. The zero-order valence-corrected chi connectivity index (χ0v) is 14.7. The quantitative estimate of drug-likeness (QED) is 0.682. The molecule has 0 bridgehead atoms. The predicted octanol–water partition coefficient (Wildman–Crippen LogP) is 1.18. The number of nitrogens with one attached hydrogen (secondary N) is 1. The van der Waals surface area contributed by atoms with Gasteiger partial charge in [0.25, 0.3) is 0 Å². The molecule has 8 heteroatoms. The summed E-state index contributed by atoms with van der Waals surface area (Å²) in [6.45, 7) is 3.77. The summed E-state index contributed by atoms with van der Waals surface area (Å²) in [7, 11) is -2.17. The number of amides is 1. The van der Waals surface area contributed by atoms with E-state index < -0.39 is 21.9 Å². The molecule has 0 unspecified atom stereocenters. The maximum Gasteiger partial charge on any atom is 0.323 e. The molecule has 2 N–H and O–H groups in total.